The van der Waals surface area contributed by atoms with Gasteiger partial charge in [0, 0.05) is 7.11 Å². The number of hydrogen-bond donors (Lipinski definition) is 0. The molecule has 0 aliphatic heterocycles. The Morgan fingerprint density at radius 2 is 1.85 bits per heavy atom. The summed E-state index contributed by atoms with van der Waals surface area (Å²) in [5.74, 6) is 4.09. The quantitative estimate of drug-likeness (QED) is 0.448. The molecule has 0 aromatic carbocycles. The van der Waals surface area contributed by atoms with Crippen LogP contribution in [0, 0.1) is 35.0 Å². The van der Waals surface area contributed by atoms with Gasteiger partial charge in [0.05, 0.1) is 5.60 Å². The molecule has 0 amide bonds. The average Bonchev–Trinajstić information content (AvgIpc) is 2.93. The Bertz CT molecular complexity index is 481. The summed E-state index contributed by atoms with van der Waals surface area (Å²) in [7, 11) is 2.00. The average molecular weight is 361 g/mol. The lowest BCUT2D eigenvalue weighted by atomic mass is 9.53. The van der Waals surface area contributed by atoms with E-state index in [0.717, 1.165) is 29.6 Å². The van der Waals surface area contributed by atoms with Crippen molar-refractivity contribution in [2.75, 3.05) is 7.11 Å². The summed E-state index contributed by atoms with van der Waals surface area (Å²) in [6.07, 6.45) is 20.2. The normalized spacial score (nSPS) is 42.6. The van der Waals surface area contributed by atoms with Crippen molar-refractivity contribution < 1.29 is 4.74 Å². The van der Waals surface area contributed by atoms with Gasteiger partial charge in [0.15, 0.2) is 0 Å². The first-order valence-corrected chi connectivity index (χ1v) is 11.7. The number of allylic oxidation sites excluding steroid dienone is 1. The van der Waals surface area contributed by atoms with E-state index in [4.69, 9.17) is 4.74 Å². The van der Waals surface area contributed by atoms with Crippen LogP contribution >= 0.6 is 0 Å². The van der Waals surface area contributed by atoms with E-state index in [-0.39, 0.29) is 5.60 Å². The monoisotopic (exact) mass is 360 g/mol. The zero-order valence-electron chi connectivity index (χ0n) is 18.2. The maximum atomic E-state index is 6.45. The molecular weight excluding hydrogens is 316 g/mol. The third-order valence-corrected chi connectivity index (χ3v) is 8.66. The van der Waals surface area contributed by atoms with Gasteiger partial charge in [0.1, 0.15) is 0 Å². The lowest BCUT2D eigenvalue weighted by Gasteiger charge is -2.55. The second-order valence-corrected chi connectivity index (χ2v) is 10.5. The maximum Gasteiger partial charge on any atom is 0.0919 e. The molecule has 0 saturated heterocycles. The summed E-state index contributed by atoms with van der Waals surface area (Å²) in [5, 5.41) is 0. The molecule has 0 unspecified atom stereocenters. The Hall–Kier alpha value is -0.300. The van der Waals surface area contributed by atoms with Crippen molar-refractivity contribution in [3.05, 3.63) is 12.2 Å². The third kappa shape index (κ3) is 3.67. The van der Waals surface area contributed by atoms with Crippen molar-refractivity contribution in [3.8, 4) is 0 Å². The van der Waals surface area contributed by atoms with Crippen LogP contribution in [0.4, 0.5) is 0 Å². The molecule has 26 heavy (non-hydrogen) atoms. The van der Waals surface area contributed by atoms with E-state index >= 15 is 0 Å². The van der Waals surface area contributed by atoms with Crippen LogP contribution in [0.5, 0.6) is 0 Å². The SMILES string of the molecule is CO[C@@]12/C=C\CCCC[C@@H]1CC[C@]1(C)[C@@H]([C@H](C)CCCC(C)C)CC[C@H]12. The lowest BCUT2D eigenvalue weighted by Crippen LogP contribution is -2.55. The molecule has 0 aromatic rings. The number of ether oxygens (including phenoxy) is 1. The predicted molar refractivity (Wildman–Crippen MR) is 112 cm³/mol. The molecule has 2 fully saturated rings. The van der Waals surface area contributed by atoms with Gasteiger partial charge in [0.25, 0.3) is 0 Å². The first kappa shape index (κ1) is 20.4. The van der Waals surface area contributed by atoms with Gasteiger partial charge >= 0.3 is 0 Å². The van der Waals surface area contributed by atoms with Crippen molar-refractivity contribution in [1.82, 2.24) is 0 Å². The molecular formula is C25H44O. The first-order chi connectivity index (χ1) is 12.4. The van der Waals surface area contributed by atoms with Gasteiger partial charge in [-0.15, -0.1) is 0 Å². The molecule has 6 atom stereocenters. The molecule has 2 saturated carbocycles. The minimum absolute atomic E-state index is 0.0276. The van der Waals surface area contributed by atoms with E-state index in [1.807, 2.05) is 7.11 Å². The third-order valence-electron chi connectivity index (χ3n) is 8.66. The minimum Gasteiger partial charge on any atom is -0.374 e. The van der Waals surface area contributed by atoms with Crippen molar-refractivity contribution in [2.45, 2.75) is 104 Å². The van der Waals surface area contributed by atoms with Gasteiger partial charge in [-0.25, -0.2) is 0 Å². The molecule has 0 heterocycles. The fourth-order valence-corrected chi connectivity index (χ4v) is 7.26. The molecule has 0 radical (unpaired) electrons. The standard InChI is InChI=1S/C25H44O/c1-19(2)11-10-12-20(3)22-14-15-23-24(22,4)18-16-21-13-8-6-7-9-17-25(21,23)26-5/h9,17,19-23H,6-8,10-16,18H2,1-5H3/b17-9-/t20-,21-,22-,23-,24-,25+/m1/s1. The van der Waals surface area contributed by atoms with Crippen molar-refractivity contribution in [2.24, 2.45) is 35.0 Å². The highest BCUT2D eigenvalue weighted by atomic mass is 16.5. The van der Waals surface area contributed by atoms with Crippen LogP contribution in [0.1, 0.15) is 98.3 Å². The number of methoxy groups -OCH3 is 1. The second-order valence-electron chi connectivity index (χ2n) is 10.5. The first-order valence-electron chi connectivity index (χ1n) is 11.7. The topological polar surface area (TPSA) is 9.23 Å². The van der Waals surface area contributed by atoms with E-state index in [1.165, 1.54) is 70.6 Å². The molecule has 150 valence electrons. The van der Waals surface area contributed by atoms with Crippen LogP contribution in [0.2, 0.25) is 0 Å². The Balaban J connectivity index is 1.79. The Morgan fingerprint density at radius 1 is 1.04 bits per heavy atom. The molecule has 3 rings (SSSR count). The van der Waals surface area contributed by atoms with E-state index < -0.39 is 0 Å². The van der Waals surface area contributed by atoms with E-state index in [1.54, 1.807) is 0 Å². The second kappa shape index (κ2) is 8.38. The maximum absolute atomic E-state index is 6.45. The zero-order chi connectivity index (χ0) is 18.8. The Labute approximate surface area is 163 Å². The van der Waals surface area contributed by atoms with Crippen LogP contribution in [-0.2, 0) is 4.74 Å². The predicted octanol–water partition coefficient (Wildman–Crippen LogP) is 7.41. The fraction of sp³-hybridized carbons (Fsp3) is 0.920. The van der Waals surface area contributed by atoms with Crippen LogP contribution in [0.25, 0.3) is 0 Å². The van der Waals surface area contributed by atoms with Crippen molar-refractivity contribution in [3.63, 3.8) is 0 Å². The van der Waals surface area contributed by atoms with Crippen LogP contribution in [-0.4, -0.2) is 12.7 Å². The minimum atomic E-state index is 0.0276. The van der Waals surface area contributed by atoms with E-state index in [2.05, 4.69) is 39.8 Å². The summed E-state index contributed by atoms with van der Waals surface area (Å²) in [4.78, 5) is 0. The fourth-order valence-electron chi connectivity index (χ4n) is 7.26. The van der Waals surface area contributed by atoms with E-state index in [0.29, 0.717) is 5.41 Å². The highest BCUT2D eigenvalue weighted by Crippen LogP contribution is 2.64. The number of hydrogen-bond acceptors (Lipinski definition) is 1. The Morgan fingerprint density at radius 3 is 2.58 bits per heavy atom. The van der Waals surface area contributed by atoms with Crippen molar-refractivity contribution in [1.29, 1.82) is 0 Å². The lowest BCUT2D eigenvalue weighted by molar-refractivity contribution is -0.140. The molecule has 0 spiro atoms. The van der Waals surface area contributed by atoms with Crippen LogP contribution < -0.4 is 0 Å². The van der Waals surface area contributed by atoms with Gasteiger partial charge < -0.3 is 4.74 Å². The molecule has 1 nitrogen and oxygen atoms in total. The molecule has 0 N–H and O–H groups in total. The smallest absolute Gasteiger partial charge is 0.0919 e. The summed E-state index contributed by atoms with van der Waals surface area (Å²) in [6.45, 7) is 9.92. The van der Waals surface area contributed by atoms with E-state index in [9.17, 15) is 0 Å². The summed E-state index contributed by atoms with van der Waals surface area (Å²) in [5.41, 5.74) is 0.507. The molecule has 0 bridgehead atoms. The summed E-state index contributed by atoms with van der Waals surface area (Å²) < 4.78 is 6.45. The molecule has 0 aromatic heterocycles. The highest BCUT2D eigenvalue weighted by Gasteiger charge is 2.60. The van der Waals surface area contributed by atoms with Gasteiger partial charge in [-0.2, -0.15) is 0 Å². The van der Waals surface area contributed by atoms with Gasteiger partial charge in [-0.05, 0) is 80.0 Å². The van der Waals surface area contributed by atoms with Crippen LogP contribution in [0.15, 0.2) is 12.2 Å². The summed E-state index contributed by atoms with van der Waals surface area (Å²) >= 11 is 0. The summed E-state index contributed by atoms with van der Waals surface area (Å²) in [6, 6.07) is 0. The largest absolute Gasteiger partial charge is 0.374 e. The number of fused-ring (bicyclic) bond motifs is 3. The zero-order valence-corrected chi connectivity index (χ0v) is 18.2. The van der Waals surface area contributed by atoms with Crippen LogP contribution in [0.3, 0.4) is 0 Å². The van der Waals surface area contributed by atoms with Gasteiger partial charge in [-0.3, -0.25) is 0 Å². The van der Waals surface area contributed by atoms with Crippen molar-refractivity contribution >= 4 is 0 Å². The van der Waals surface area contributed by atoms with Gasteiger partial charge in [0.2, 0.25) is 0 Å². The van der Waals surface area contributed by atoms with Gasteiger partial charge in [-0.1, -0.05) is 65.5 Å². The highest BCUT2D eigenvalue weighted by molar-refractivity contribution is 5.19. The molecule has 3 aliphatic carbocycles. The molecule has 3 aliphatic rings. The Kier molecular flexibility index (Phi) is 6.58. The number of rotatable bonds is 6. The molecule has 1 heteroatoms.